The van der Waals surface area contributed by atoms with Crippen LogP contribution in [0.3, 0.4) is 0 Å². The summed E-state index contributed by atoms with van der Waals surface area (Å²) in [5.41, 5.74) is 0.591. The first-order valence-electron chi connectivity index (χ1n) is 5.24. The lowest BCUT2D eigenvalue weighted by atomic mass is 10.1. The molecule has 0 unspecified atom stereocenters. The van der Waals surface area contributed by atoms with Gasteiger partial charge in [0, 0.05) is 18.4 Å². The molecule has 1 saturated heterocycles. The molecule has 16 heavy (non-hydrogen) atoms. The van der Waals surface area contributed by atoms with E-state index < -0.39 is 5.82 Å². The molecule has 0 atom stereocenters. The minimum Gasteiger partial charge on any atom is -0.474 e. The molecule has 0 bridgehead atoms. The molecule has 1 aromatic heterocycles. The van der Waals surface area contributed by atoms with Gasteiger partial charge in [-0.1, -0.05) is 0 Å². The van der Waals surface area contributed by atoms with Gasteiger partial charge in [0.1, 0.15) is 11.9 Å². The van der Waals surface area contributed by atoms with E-state index in [9.17, 15) is 4.39 Å². The van der Waals surface area contributed by atoms with E-state index in [1.165, 1.54) is 6.07 Å². The van der Waals surface area contributed by atoms with Gasteiger partial charge in [-0.05, 0) is 6.07 Å². The highest BCUT2D eigenvalue weighted by atomic mass is 35.5. The van der Waals surface area contributed by atoms with Crippen LogP contribution in [0.5, 0.6) is 5.88 Å². The smallest absolute Gasteiger partial charge is 0.218 e. The zero-order chi connectivity index (χ0) is 11.4. The van der Waals surface area contributed by atoms with Crippen molar-refractivity contribution in [2.24, 2.45) is 0 Å². The van der Waals surface area contributed by atoms with Gasteiger partial charge < -0.3 is 9.47 Å². The molecule has 0 aliphatic carbocycles. The van der Waals surface area contributed by atoms with Crippen LogP contribution in [0.25, 0.3) is 0 Å². The quantitative estimate of drug-likeness (QED) is 0.767. The minimum absolute atomic E-state index is 0.0914. The van der Waals surface area contributed by atoms with Gasteiger partial charge in [-0.2, -0.15) is 0 Å². The topological polar surface area (TPSA) is 31.4 Å². The molecule has 0 spiro atoms. The van der Waals surface area contributed by atoms with Crippen molar-refractivity contribution in [3.05, 3.63) is 23.6 Å². The predicted octanol–water partition coefficient (Wildman–Crippen LogP) is 2.52. The van der Waals surface area contributed by atoms with Gasteiger partial charge in [-0.25, -0.2) is 9.37 Å². The van der Waals surface area contributed by atoms with Crippen molar-refractivity contribution in [1.82, 2.24) is 4.98 Å². The predicted molar refractivity (Wildman–Crippen MR) is 58.2 cm³/mol. The average molecular weight is 246 g/mol. The SMILES string of the molecule is Fc1cnc(OC2CCOCC2)c(CCl)c1. The fourth-order valence-corrected chi connectivity index (χ4v) is 1.81. The third-order valence-electron chi connectivity index (χ3n) is 2.48. The summed E-state index contributed by atoms with van der Waals surface area (Å²) in [6.45, 7) is 1.39. The van der Waals surface area contributed by atoms with E-state index in [1.807, 2.05) is 0 Å². The van der Waals surface area contributed by atoms with E-state index >= 15 is 0 Å². The Morgan fingerprint density at radius 3 is 2.94 bits per heavy atom. The molecule has 2 rings (SSSR count). The van der Waals surface area contributed by atoms with Gasteiger partial charge in [0.25, 0.3) is 0 Å². The van der Waals surface area contributed by atoms with Crippen LogP contribution in [-0.4, -0.2) is 24.3 Å². The van der Waals surface area contributed by atoms with Crippen molar-refractivity contribution in [3.63, 3.8) is 0 Å². The van der Waals surface area contributed by atoms with Gasteiger partial charge in [0.15, 0.2) is 0 Å². The standard InChI is InChI=1S/C11H13ClFNO2/c12-6-8-5-9(13)7-14-11(8)16-10-1-3-15-4-2-10/h5,7,10H,1-4,6H2. The number of hydrogen-bond acceptors (Lipinski definition) is 3. The fourth-order valence-electron chi connectivity index (χ4n) is 1.62. The molecule has 2 heterocycles. The van der Waals surface area contributed by atoms with Gasteiger partial charge in [0.2, 0.25) is 5.88 Å². The van der Waals surface area contributed by atoms with Gasteiger partial charge in [-0.3, -0.25) is 0 Å². The van der Waals surface area contributed by atoms with Crippen LogP contribution in [0.4, 0.5) is 4.39 Å². The van der Waals surface area contributed by atoms with Crippen LogP contribution in [0, 0.1) is 5.82 Å². The maximum absolute atomic E-state index is 12.9. The van der Waals surface area contributed by atoms with Crippen LogP contribution in [0.15, 0.2) is 12.3 Å². The van der Waals surface area contributed by atoms with Crippen molar-refractivity contribution < 1.29 is 13.9 Å². The zero-order valence-corrected chi connectivity index (χ0v) is 9.54. The van der Waals surface area contributed by atoms with E-state index in [0.29, 0.717) is 24.7 Å². The number of hydrogen-bond donors (Lipinski definition) is 0. The first-order chi connectivity index (χ1) is 7.79. The molecule has 0 aromatic carbocycles. The van der Waals surface area contributed by atoms with Crippen LogP contribution < -0.4 is 4.74 Å². The molecule has 0 saturated carbocycles. The first kappa shape index (κ1) is 11.6. The van der Waals surface area contributed by atoms with Crippen LogP contribution in [-0.2, 0) is 10.6 Å². The van der Waals surface area contributed by atoms with E-state index in [4.69, 9.17) is 21.1 Å². The van der Waals surface area contributed by atoms with Crippen LogP contribution in [0.1, 0.15) is 18.4 Å². The number of pyridine rings is 1. The Balaban J connectivity index is 2.07. The second-order valence-corrected chi connectivity index (χ2v) is 3.95. The minimum atomic E-state index is -0.394. The second kappa shape index (κ2) is 5.46. The molecule has 5 heteroatoms. The van der Waals surface area contributed by atoms with Crippen molar-refractivity contribution in [2.75, 3.05) is 13.2 Å². The lowest BCUT2D eigenvalue weighted by molar-refractivity contribution is 0.0233. The fraction of sp³-hybridized carbons (Fsp3) is 0.545. The normalized spacial score (nSPS) is 17.4. The lowest BCUT2D eigenvalue weighted by Crippen LogP contribution is -2.26. The number of halogens is 2. The summed E-state index contributed by atoms with van der Waals surface area (Å²) < 4.78 is 23.8. The molecule has 1 fully saturated rings. The molecular weight excluding hydrogens is 233 g/mol. The highest BCUT2D eigenvalue weighted by Crippen LogP contribution is 2.22. The lowest BCUT2D eigenvalue weighted by Gasteiger charge is -2.23. The Morgan fingerprint density at radius 1 is 1.50 bits per heavy atom. The number of rotatable bonds is 3. The van der Waals surface area contributed by atoms with E-state index in [-0.39, 0.29) is 12.0 Å². The summed E-state index contributed by atoms with van der Waals surface area (Å²) in [6.07, 6.45) is 2.90. The Hall–Kier alpha value is -0.870. The average Bonchev–Trinajstić information content (AvgIpc) is 2.33. The maximum Gasteiger partial charge on any atom is 0.218 e. The summed E-state index contributed by atoms with van der Waals surface area (Å²) in [7, 11) is 0. The third kappa shape index (κ3) is 2.83. The highest BCUT2D eigenvalue weighted by Gasteiger charge is 2.17. The summed E-state index contributed by atoms with van der Waals surface area (Å²) >= 11 is 5.71. The monoisotopic (exact) mass is 245 g/mol. The van der Waals surface area contributed by atoms with Crippen LogP contribution in [0.2, 0.25) is 0 Å². The molecular formula is C11H13ClFNO2. The Bertz CT molecular complexity index is 356. The summed E-state index contributed by atoms with van der Waals surface area (Å²) in [5.74, 6) is 0.238. The molecule has 1 aliphatic heterocycles. The Kier molecular flexibility index (Phi) is 3.96. The molecule has 3 nitrogen and oxygen atoms in total. The molecule has 0 radical (unpaired) electrons. The number of ether oxygens (including phenoxy) is 2. The van der Waals surface area contributed by atoms with Gasteiger partial charge in [0.05, 0.1) is 25.3 Å². The summed E-state index contributed by atoms with van der Waals surface area (Å²) in [4.78, 5) is 3.92. The zero-order valence-electron chi connectivity index (χ0n) is 8.79. The number of alkyl halides is 1. The van der Waals surface area contributed by atoms with Crippen molar-refractivity contribution >= 4 is 11.6 Å². The van der Waals surface area contributed by atoms with Gasteiger partial charge in [-0.15, -0.1) is 11.6 Å². The van der Waals surface area contributed by atoms with Crippen molar-refractivity contribution in [3.8, 4) is 5.88 Å². The summed E-state index contributed by atoms with van der Waals surface area (Å²) in [5, 5.41) is 0. The molecule has 0 N–H and O–H groups in total. The maximum atomic E-state index is 12.9. The van der Waals surface area contributed by atoms with Crippen molar-refractivity contribution in [2.45, 2.75) is 24.8 Å². The summed E-state index contributed by atoms with van der Waals surface area (Å²) in [6, 6.07) is 1.36. The Morgan fingerprint density at radius 2 is 2.25 bits per heavy atom. The molecule has 1 aliphatic rings. The first-order valence-corrected chi connectivity index (χ1v) is 5.78. The highest BCUT2D eigenvalue weighted by molar-refractivity contribution is 6.17. The van der Waals surface area contributed by atoms with E-state index in [0.717, 1.165) is 19.0 Å². The van der Waals surface area contributed by atoms with Crippen molar-refractivity contribution in [1.29, 1.82) is 0 Å². The largest absolute Gasteiger partial charge is 0.474 e. The van der Waals surface area contributed by atoms with E-state index in [2.05, 4.69) is 4.98 Å². The second-order valence-electron chi connectivity index (χ2n) is 3.68. The molecule has 0 amide bonds. The molecule has 1 aromatic rings. The van der Waals surface area contributed by atoms with Gasteiger partial charge >= 0.3 is 0 Å². The third-order valence-corrected chi connectivity index (χ3v) is 2.77. The van der Waals surface area contributed by atoms with Crippen LogP contribution >= 0.6 is 11.6 Å². The van der Waals surface area contributed by atoms with E-state index in [1.54, 1.807) is 0 Å². The number of aromatic nitrogens is 1. The number of nitrogens with zero attached hydrogens (tertiary/aromatic N) is 1. The Labute approximate surface area is 98.5 Å². The molecule has 88 valence electrons.